The summed E-state index contributed by atoms with van der Waals surface area (Å²) in [6.07, 6.45) is -21.3. The lowest BCUT2D eigenvalue weighted by Gasteiger charge is -2.39. The second-order valence-corrected chi connectivity index (χ2v) is 10.3. The average Bonchev–Trinajstić information content (AvgIpc) is 2.98. The molecule has 1 aromatic carbocycles. The lowest BCUT2D eigenvalue weighted by atomic mass is 9.93. The van der Waals surface area contributed by atoms with Crippen LogP contribution in [0, 0.1) is 0 Å². The zero-order valence-electron chi connectivity index (χ0n) is 24.6. The van der Waals surface area contributed by atoms with E-state index < -0.39 is 121 Å². The molecular weight excluding hydrogens is 846 g/mol. The van der Waals surface area contributed by atoms with E-state index in [0.717, 1.165) is 0 Å². The van der Waals surface area contributed by atoms with Crippen molar-refractivity contribution in [1.82, 2.24) is 0 Å². The summed E-state index contributed by atoms with van der Waals surface area (Å²) >= 11 is 0. The minimum absolute atomic E-state index is 0.311. The summed E-state index contributed by atoms with van der Waals surface area (Å²) in [6, 6.07) is 1.25. The predicted molar refractivity (Wildman–Crippen MR) is 118 cm³/mol. The van der Waals surface area contributed by atoms with E-state index in [1.54, 1.807) is 0 Å². The summed E-state index contributed by atoms with van der Waals surface area (Å²) in [6.45, 7) is -4.44. The van der Waals surface area contributed by atoms with Crippen molar-refractivity contribution in [2.24, 2.45) is 0 Å². The first-order chi connectivity index (χ1) is 23.5. The van der Waals surface area contributed by atoms with Gasteiger partial charge in [0.15, 0.2) is 0 Å². The van der Waals surface area contributed by atoms with Gasteiger partial charge in [-0.2, -0.15) is 114 Å². The molecule has 0 aliphatic rings. The molecule has 314 valence electrons. The van der Waals surface area contributed by atoms with Crippen LogP contribution in [0.25, 0.3) is 0 Å². The Morgan fingerprint density at radius 2 is 0.556 bits per heavy atom. The van der Waals surface area contributed by atoms with Crippen LogP contribution in [0.3, 0.4) is 0 Å². The molecule has 0 fully saturated rings. The van der Waals surface area contributed by atoms with Gasteiger partial charge in [-0.3, -0.25) is 0 Å². The summed E-state index contributed by atoms with van der Waals surface area (Å²) in [4.78, 5) is 23.7. The Kier molecular flexibility index (Phi) is 12.7. The fraction of sp³-hybridized carbons (Fsp3) is 0.667. The van der Waals surface area contributed by atoms with Gasteiger partial charge in [0, 0.05) is 0 Å². The highest BCUT2D eigenvalue weighted by Gasteiger charge is 2.92. The minimum atomic E-state index is -8.21. The Morgan fingerprint density at radius 1 is 0.352 bits per heavy atom. The van der Waals surface area contributed by atoms with E-state index in [9.17, 15) is 124 Å². The molecule has 0 amide bonds. The van der Waals surface area contributed by atoms with Gasteiger partial charge in [-0.25, -0.2) is 9.59 Å². The first kappa shape index (κ1) is 48.4. The van der Waals surface area contributed by atoms with Crippen molar-refractivity contribution in [2.45, 2.75) is 84.4 Å². The van der Waals surface area contributed by atoms with Crippen molar-refractivity contribution in [3.8, 4) is 0 Å². The number of carbonyl (C=O) groups excluding carboxylic acids is 2. The standard InChI is InChI=1S/C24H12F26O4/c25-13(26,15(29,30)17(33,34)19(37,38)21(41,42)23(45,46)47)5-7-53-11(51)9-1-2-10(4-3-9)12(52)54-8-6-14(27,28)16(31,32)18(35,36)20(39,40)22(43,44)24(48,49)50/h1-4H,5-8H2. The largest absolute Gasteiger partial charge is 0.462 e. The monoisotopic (exact) mass is 858 g/mol. The number of alkyl halides is 26. The molecule has 0 radical (unpaired) electrons. The molecule has 0 spiro atoms. The van der Waals surface area contributed by atoms with Crippen molar-refractivity contribution >= 4 is 11.9 Å². The van der Waals surface area contributed by atoms with Crippen molar-refractivity contribution in [3.05, 3.63) is 35.4 Å². The third-order valence-corrected chi connectivity index (χ3v) is 6.65. The highest BCUT2D eigenvalue weighted by molar-refractivity contribution is 5.93. The van der Waals surface area contributed by atoms with Crippen LogP contribution in [0.2, 0.25) is 0 Å². The molecule has 0 bridgehead atoms. The van der Waals surface area contributed by atoms with E-state index >= 15 is 0 Å². The highest BCUT2D eigenvalue weighted by Crippen LogP contribution is 2.62. The van der Waals surface area contributed by atoms with E-state index in [2.05, 4.69) is 9.47 Å². The van der Waals surface area contributed by atoms with E-state index in [0.29, 0.717) is 24.3 Å². The van der Waals surface area contributed by atoms with Gasteiger partial charge in [0.2, 0.25) is 0 Å². The lowest BCUT2D eigenvalue weighted by molar-refractivity contribution is -0.440. The highest BCUT2D eigenvalue weighted by atomic mass is 19.4. The molecule has 0 atom stereocenters. The second-order valence-electron chi connectivity index (χ2n) is 10.3. The molecule has 30 heteroatoms. The van der Waals surface area contributed by atoms with Crippen molar-refractivity contribution in [1.29, 1.82) is 0 Å². The van der Waals surface area contributed by atoms with Gasteiger partial charge in [-0.1, -0.05) is 0 Å². The van der Waals surface area contributed by atoms with Gasteiger partial charge in [-0.15, -0.1) is 0 Å². The number of carbonyl (C=O) groups is 2. The van der Waals surface area contributed by atoms with Gasteiger partial charge < -0.3 is 9.47 Å². The normalized spacial score (nSPS) is 15.3. The molecule has 0 saturated carbocycles. The molecule has 0 heterocycles. The van der Waals surface area contributed by atoms with Crippen LogP contribution in [-0.4, -0.2) is 96.7 Å². The quantitative estimate of drug-likeness (QED) is 0.123. The first-order valence-electron chi connectivity index (χ1n) is 12.8. The van der Waals surface area contributed by atoms with E-state index in [-0.39, 0.29) is 0 Å². The van der Waals surface area contributed by atoms with Crippen LogP contribution >= 0.6 is 0 Å². The molecule has 0 aliphatic carbocycles. The van der Waals surface area contributed by atoms with Gasteiger partial charge in [0.1, 0.15) is 0 Å². The van der Waals surface area contributed by atoms with Gasteiger partial charge in [-0.05, 0) is 24.3 Å². The van der Waals surface area contributed by atoms with E-state index in [4.69, 9.17) is 0 Å². The summed E-state index contributed by atoms with van der Waals surface area (Å²) in [5.41, 5.74) is -2.01. The number of hydrogen-bond acceptors (Lipinski definition) is 4. The van der Waals surface area contributed by atoms with Crippen LogP contribution in [0.4, 0.5) is 114 Å². The van der Waals surface area contributed by atoms with Crippen LogP contribution in [0.5, 0.6) is 0 Å². The van der Waals surface area contributed by atoms with Crippen LogP contribution in [-0.2, 0) is 9.47 Å². The molecule has 0 N–H and O–H groups in total. The number of rotatable bonds is 16. The molecule has 1 rings (SSSR count). The number of benzene rings is 1. The van der Waals surface area contributed by atoms with E-state index in [1.165, 1.54) is 0 Å². The fourth-order valence-electron chi connectivity index (χ4n) is 3.37. The number of hydrogen-bond donors (Lipinski definition) is 0. The zero-order chi connectivity index (χ0) is 43.4. The lowest BCUT2D eigenvalue weighted by Crippen LogP contribution is -2.70. The number of esters is 2. The van der Waals surface area contributed by atoms with Crippen molar-refractivity contribution in [2.75, 3.05) is 13.2 Å². The van der Waals surface area contributed by atoms with Crippen LogP contribution in [0.15, 0.2) is 24.3 Å². The minimum Gasteiger partial charge on any atom is -0.462 e. The summed E-state index contributed by atoms with van der Waals surface area (Å²) in [5, 5.41) is 0. The maximum Gasteiger partial charge on any atom is 0.460 e. The zero-order valence-corrected chi connectivity index (χ0v) is 24.6. The molecule has 0 unspecified atom stereocenters. The third-order valence-electron chi connectivity index (χ3n) is 6.65. The number of ether oxygens (including phenoxy) is 2. The van der Waals surface area contributed by atoms with Crippen molar-refractivity contribution in [3.63, 3.8) is 0 Å². The molecule has 54 heavy (non-hydrogen) atoms. The van der Waals surface area contributed by atoms with Gasteiger partial charge >= 0.3 is 83.5 Å². The third kappa shape index (κ3) is 7.74. The predicted octanol–water partition coefficient (Wildman–Crippen LogP) is 10.3. The summed E-state index contributed by atoms with van der Waals surface area (Å²) < 4.78 is 349. The van der Waals surface area contributed by atoms with Gasteiger partial charge in [0.25, 0.3) is 0 Å². The van der Waals surface area contributed by atoms with Gasteiger partial charge in [0.05, 0.1) is 37.2 Å². The topological polar surface area (TPSA) is 52.6 Å². The molecular formula is C24H12F26O4. The summed E-state index contributed by atoms with van der Waals surface area (Å²) in [7, 11) is 0. The Morgan fingerprint density at radius 3 is 0.759 bits per heavy atom. The Hall–Kier alpha value is -3.66. The Bertz CT molecular complexity index is 1380. The molecule has 0 saturated heterocycles. The first-order valence-corrected chi connectivity index (χ1v) is 12.8. The van der Waals surface area contributed by atoms with Crippen molar-refractivity contribution < 1.29 is 133 Å². The molecule has 4 nitrogen and oxygen atoms in total. The second kappa shape index (κ2) is 14.1. The Labute approximate surface area is 279 Å². The smallest absolute Gasteiger partial charge is 0.460 e. The van der Waals surface area contributed by atoms with E-state index in [1.807, 2.05) is 0 Å². The molecule has 0 aliphatic heterocycles. The number of halogens is 26. The SMILES string of the molecule is O=C(OCCC(F)(F)C(F)(F)C(F)(F)C(F)(F)C(F)(F)C(F)(F)F)c1ccc(C(=O)OCCC(F)(F)C(F)(F)C(F)(F)C(F)(F)C(F)(F)C(F)(F)F)cc1. The van der Waals surface area contributed by atoms with Crippen LogP contribution in [0.1, 0.15) is 33.6 Å². The molecule has 1 aromatic rings. The maximum atomic E-state index is 13.8. The average molecular weight is 858 g/mol. The fourth-order valence-corrected chi connectivity index (χ4v) is 3.37. The molecule has 0 aromatic heterocycles. The maximum absolute atomic E-state index is 13.8. The van der Waals surface area contributed by atoms with Crippen LogP contribution < -0.4 is 0 Å². The Balaban J connectivity index is 2.98. The summed E-state index contributed by atoms with van der Waals surface area (Å²) in [5.74, 6) is -81.4.